The van der Waals surface area contributed by atoms with E-state index < -0.39 is 0 Å². The zero-order valence-corrected chi connectivity index (χ0v) is 9.05. The molecule has 2 heteroatoms. The maximum Gasteiger partial charge on any atom is 0.0823 e. The van der Waals surface area contributed by atoms with Gasteiger partial charge in [0.05, 0.1) is 19.3 Å². The zero-order chi connectivity index (χ0) is 9.90. The Morgan fingerprint density at radius 3 is 2.54 bits per heavy atom. The molecule has 1 aliphatic heterocycles. The first-order valence-electron chi connectivity index (χ1n) is 5.31. The molecule has 1 rings (SSSR count). The number of ether oxygens (including phenoxy) is 1. The molecule has 0 radical (unpaired) electrons. The van der Waals surface area contributed by atoms with Gasteiger partial charge in [-0.2, -0.15) is 0 Å². The summed E-state index contributed by atoms with van der Waals surface area (Å²) in [5, 5.41) is 9.53. The molecule has 78 valence electrons. The molecule has 1 saturated heterocycles. The fraction of sp³-hybridized carbons (Fsp3) is 1.00. The van der Waals surface area contributed by atoms with Gasteiger partial charge < -0.3 is 9.84 Å². The first-order valence-corrected chi connectivity index (χ1v) is 5.31. The highest BCUT2D eigenvalue weighted by Crippen LogP contribution is 2.30. The Morgan fingerprint density at radius 1 is 1.38 bits per heavy atom. The average Bonchev–Trinajstić information content (AvgIpc) is 2.48. The Hall–Kier alpha value is -0.0800. The van der Waals surface area contributed by atoms with Crippen LogP contribution in [-0.2, 0) is 4.74 Å². The van der Waals surface area contributed by atoms with Gasteiger partial charge in [0.15, 0.2) is 0 Å². The molecule has 13 heavy (non-hydrogen) atoms. The molecule has 0 aromatic heterocycles. The molecule has 2 nitrogen and oxygen atoms in total. The largest absolute Gasteiger partial charge is 0.390 e. The van der Waals surface area contributed by atoms with E-state index in [0.717, 1.165) is 13.0 Å². The van der Waals surface area contributed by atoms with Gasteiger partial charge in [0.1, 0.15) is 0 Å². The average molecular weight is 186 g/mol. The number of aliphatic hydroxyl groups excluding tert-OH is 1. The standard InChI is InChI=1S/C11H22O2/c1-4-11(2,3)6-5-9-7-13-8-10(9)12/h9-10,12H,4-8H2,1-3H3. The van der Waals surface area contributed by atoms with Crippen molar-refractivity contribution in [2.45, 2.75) is 46.1 Å². The third kappa shape index (κ3) is 3.28. The van der Waals surface area contributed by atoms with Crippen LogP contribution in [0.2, 0.25) is 0 Å². The molecule has 0 aromatic carbocycles. The first-order chi connectivity index (χ1) is 6.05. The van der Waals surface area contributed by atoms with Gasteiger partial charge in [-0.3, -0.25) is 0 Å². The molecule has 1 heterocycles. The number of hydrogen-bond acceptors (Lipinski definition) is 2. The molecule has 1 N–H and O–H groups in total. The molecule has 0 spiro atoms. The van der Waals surface area contributed by atoms with Crippen molar-refractivity contribution in [1.82, 2.24) is 0 Å². The molecule has 1 aliphatic rings. The van der Waals surface area contributed by atoms with Crippen molar-refractivity contribution in [2.24, 2.45) is 11.3 Å². The minimum absolute atomic E-state index is 0.215. The van der Waals surface area contributed by atoms with Crippen molar-refractivity contribution in [3.8, 4) is 0 Å². The SMILES string of the molecule is CCC(C)(C)CCC1COCC1O. The second-order valence-corrected chi connectivity index (χ2v) is 4.92. The monoisotopic (exact) mass is 186 g/mol. The zero-order valence-electron chi connectivity index (χ0n) is 9.05. The van der Waals surface area contributed by atoms with E-state index >= 15 is 0 Å². The van der Waals surface area contributed by atoms with Crippen molar-refractivity contribution >= 4 is 0 Å². The Bertz CT molecular complexity index is 154. The minimum atomic E-state index is -0.215. The van der Waals surface area contributed by atoms with E-state index in [-0.39, 0.29) is 6.10 Å². The number of hydrogen-bond donors (Lipinski definition) is 1. The summed E-state index contributed by atoms with van der Waals surface area (Å²) in [6.07, 6.45) is 3.28. The van der Waals surface area contributed by atoms with Gasteiger partial charge in [0.2, 0.25) is 0 Å². The second kappa shape index (κ2) is 4.43. The van der Waals surface area contributed by atoms with Crippen LogP contribution in [0.5, 0.6) is 0 Å². The number of aliphatic hydroxyl groups is 1. The topological polar surface area (TPSA) is 29.5 Å². The van der Waals surface area contributed by atoms with E-state index in [1.54, 1.807) is 0 Å². The first kappa shape index (κ1) is 11.0. The van der Waals surface area contributed by atoms with Crippen LogP contribution in [0.4, 0.5) is 0 Å². The molecule has 0 aromatic rings. The molecular weight excluding hydrogens is 164 g/mol. The fourth-order valence-corrected chi connectivity index (χ4v) is 1.62. The van der Waals surface area contributed by atoms with E-state index in [1.807, 2.05) is 0 Å². The summed E-state index contributed by atoms with van der Waals surface area (Å²) < 4.78 is 5.22. The van der Waals surface area contributed by atoms with E-state index in [4.69, 9.17) is 4.74 Å². The Balaban J connectivity index is 2.25. The van der Waals surface area contributed by atoms with Crippen molar-refractivity contribution in [2.75, 3.05) is 13.2 Å². The summed E-state index contributed by atoms with van der Waals surface area (Å²) in [5.74, 6) is 0.380. The summed E-state index contributed by atoms with van der Waals surface area (Å²) in [5.41, 5.74) is 0.419. The Labute approximate surface area is 81.3 Å². The van der Waals surface area contributed by atoms with E-state index in [2.05, 4.69) is 20.8 Å². The van der Waals surface area contributed by atoms with Crippen LogP contribution in [0.15, 0.2) is 0 Å². The predicted molar refractivity (Wildman–Crippen MR) is 53.6 cm³/mol. The molecule has 0 aliphatic carbocycles. The summed E-state index contributed by atoms with van der Waals surface area (Å²) in [6.45, 7) is 8.09. The maximum absolute atomic E-state index is 9.53. The molecule has 0 saturated carbocycles. The normalized spacial score (nSPS) is 29.5. The lowest BCUT2D eigenvalue weighted by molar-refractivity contribution is 0.114. The van der Waals surface area contributed by atoms with E-state index in [0.29, 0.717) is 17.9 Å². The summed E-state index contributed by atoms with van der Waals surface area (Å²) >= 11 is 0. The van der Waals surface area contributed by atoms with Crippen LogP contribution in [0.1, 0.15) is 40.0 Å². The Morgan fingerprint density at radius 2 is 2.08 bits per heavy atom. The Kier molecular flexibility index (Phi) is 3.74. The molecule has 0 amide bonds. The van der Waals surface area contributed by atoms with Crippen LogP contribution >= 0.6 is 0 Å². The van der Waals surface area contributed by atoms with Crippen LogP contribution in [0.25, 0.3) is 0 Å². The van der Waals surface area contributed by atoms with Crippen molar-refractivity contribution < 1.29 is 9.84 Å². The molecule has 2 unspecified atom stereocenters. The highest BCUT2D eigenvalue weighted by atomic mass is 16.5. The van der Waals surface area contributed by atoms with Crippen LogP contribution in [0.3, 0.4) is 0 Å². The highest BCUT2D eigenvalue weighted by molar-refractivity contribution is 4.77. The van der Waals surface area contributed by atoms with Gasteiger partial charge in [-0.25, -0.2) is 0 Å². The lowest BCUT2D eigenvalue weighted by Gasteiger charge is -2.24. The van der Waals surface area contributed by atoms with Crippen LogP contribution in [0, 0.1) is 11.3 Å². The van der Waals surface area contributed by atoms with Crippen molar-refractivity contribution in [3.63, 3.8) is 0 Å². The highest BCUT2D eigenvalue weighted by Gasteiger charge is 2.27. The molecule has 1 fully saturated rings. The van der Waals surface area contributed by atoms with E-state index in [1.165, 1.54) is 12.8 Å². The fourth-order valence-electron chi connectivity index (χ4n) is 1.62. The molecular formula is C11H22O2. The second-order valence-electron chi connectivity index (χ2n) is 4.92. The van der Waals surface area contributed by atoms with Gasteiger partial charge in [-0.05, 0) is 18.3 Å². The summed E-state index contributed by atoms with van der Waals surface area (Å²) in [7, 11) is 0. The quantitative estimate of drug-likeness (QED) is 0.729. The molecule has 2 atom stereocenters. The minimum Gasteiger partial charge on any atom is -0.390 e. The molecule has 0 bridgehead atoms. The van der Waals surface area contributed by atoms with Gasteiger partial charge in [0, 0.05) is 5.92 Å². The lowest BCUT2D eigenvalue weighted by atomic mass is 9.82. The number of rotatable bonds is 4. The maximum atomic E-state index is 9.53. The summed E-state index contributed by atoms with van der Waals surface area (Å²) in [6, 6.07) is 0. The third-order valence-corrected chi connectivity index (χ3v) is 3.31. The van der Waals surface area contributed by atoms with Crippen molar-refractivity contribution in [3.05, 3.63) is 0 Å². The smallest absolute Gasteiger partial charge is 0.0823 e. The lowest BCUT2D eigenvalue weighted by Crippen LogP contribution is -2.20. The van der Waals surface area contributed by atoms with Gasteiger partial charge in [-0.15, -0.1) is 0 Å². The van der Waals surface area contributed by atoms with E-state index in [9.17, 15) is 5.11 Å². The van der Waals surface area contributed by atoms with Gasteiger partial charge in [-0.1, -0.05) is 27.2 Å². The van der Waals surface area contributed by atoms with Crippen molar-refractivity contribution in [1.29, 1.82) is 0 Å². The summed E-state index contributed by atoms with van der Waals surface area (Å²) in [4.78, 5) is 0. The van der Waals surface area contributed by atoms with Crippen LogP contribution in [-0.4, -0.2) is 24.4 Å². The predicted octanol–water partition coefficient (Wildman–Crippen LogP) is 2.21. The third-order valence-electron chi connectivity index (χ3n) is 3.31. The van der Waals surface area contributed by atoms with Gasteiger partial charge >= 0.3 is 0 Å². The van der Waals surface area contributed by atoms with Gasteiger partial charge in [0.25, 0.3) is 0 Å². The van der Waals surface area contributed by atoms with Crippen LogP contribution < -0.4 is 0 Å².